The Morgan fingerprint density at radius 1 is 1.00 bits per heavy atom. The highest BCUT2D eigenvalue weighted by Gasteiger charge is 2.31. The average Bonchev–Trinajstić information content (AvgIpc) is 2.88. The molecule has 2 fully saturated rings. The molecule has 1 saturated heterocycles. The molecular weight excluding hydrogens is 198 g/mol. The van der Waals surface area contributed by atoms with Crippen molar-refractivity contribution in [3.63, 3.8) is 0 Å². The van der Waals surface area contributed by atoms with Crippen LogP contribution in [0.1, 0.15) is 38.5 Å². The number of hydrogen-bond donors (Lipinski definition) is 0. The zero-order chi connectivity index (χ0) is 10.0. The third kappa shape index (κ3) is 2.70. The molecule has 0 radical (unpaired) electrons. The second-order valence-corrected chi connectivity index (χ2v) is 6.55. The maximum atomic E-state index is 11.9. The van der Waals surface area contributed by atoms with E-state index in [0.717, 1.165) is 38.8 Å². The molecule has 1 saturated carbocycles. The van der Waals surface area contributed by atoms with Crippen molar-refractivity contribution in [1.82, 2.24) is 4.31 Å². The van der Waals surface area contributed by atoms with Gasteiger partial charge in [-0.25, -0.2) is 12.7 Å². The monoisotopic (exact) mass is 217 g/mol. The van der Waals surface area contributed by atoms with E-state index in [1.807, 2.05) is 0 Å². The van der Waals surface area contributed by atoms with Crippen LogP contribution in [0.5, 0.6) is 0 Å². The first-order chi connectivity index (χ1) is 6.68. The smallest absolute Gasteiger partial charge is 0.212 e. The van der Waals surface area contributed by atoms with E-state index in [-0.39, 0.29) is 0 Å². The summed E-state index contributed by atoms with van der Waals surface area (Å²) in [5, 5.41) is 0. The molecule has 2 rings (SSSR count). The molecule has 0 bridgehead atoms. The van der Waals surface area contributed by atoms with Crippen molar-refractivity contribution in [2.75, 3.05) is 18.8 Å². The Morgan fingerprint density at radius 3 is 2.07 bits per heavy atom. The van der Waals surface area contributed by atoms with Gasteiger partial charge in [-0.2, -0.15) is 0 Å². The maximum absolute atomic E-state index is 11.9. The van der Waals surface area contributed by atoms with E-state index >= 15 is 0 Å². The summed E-state index contributed by atoms with van der Waals surface area (Å²) in [5.41, 5.74) is 0. The molecule has 1 heterocycles. The Bertz CT molecular complexity index is 274. The molecule has 0 atom stereocenters. The molecule has 0 unspecified atom stereocenters. The Balaban J connectivity index is 1.95. The molecular formula is C10H19NO2S. The van der Waals surface area contributed by atoms with Crippen LogP contribution in [-0.2, 0) is 10.0 Å². The summed E-state index contributed by atoms with van der Waals surface area (Å²) < 4.78 is 25.6. The summed E-state index contributed by atoms with van der Waals surface area (Å²) in [6, 6.07) is 0. The summed E-state index contributed by atoms with van der Waals surface area (Å²) in [6.45, 7) is 1.52. The number of sulfonamides is 1. The van der Waals surface area contributed by atoms with Crippen LogP contribution in [0.15, 0.2) is 0 Å². The Labute approximate surface area is 86.5 Å². The second kappa shape index (κ2) is 4.19. The van der Waals surface area contributed by atoms with Crippen molar-refractivity contribution >= 4 is 10.0 Å². The van der Waals surface area contributed by atoms with Crippen molar-refractivity contribution in [3.8, 4) is 0 Å². The third-order valence-electron chi connectivity index (χ3n) is 3.10. The van der Waals surface area contributed by atoms with Crippen molar-refractivity contribution in [2.45, 2.75) is 38.5 Å². The van der Waals surface area contributed by atoms with Gasteiger partial charge in [-0.1, -0.05) is 12.8 Å². The van der Waals surface area contributed by atoms with Gasteiger partial charge in [-0.3, -0.25) is 0 Å². The molecule has 2 aliphatic rings. The number of hydrogen-bond acceptors (Lipinski definition) is 2. The fraction of sp³-hybridized carbons (Fsp3) is 1.00. The molecule has 0 aromatic rings. The SMILES string of the molecule is O=S(=O)(CC1CC1)N1CCCCCC1. The predicted octanol–water partition coefficient (Wildman–Crippen LogP) is 1.60. The van der Waals surface area contributed by atoms with E-state index in [1.54, 1.807) is 4.31 Å². The standard InChI is InChI=1S/C10H19NO2S/c12-14(13,9-10-5-6-10)11-7-3-1-2-4-8-11/h10H,1-9H2. The normalized spacial score (nSPS) is 26.0. The van der Waals surface area contributed by atoms with E-state index < -0.39 is 10.0 Å². The lowest BCUT2D eigenvalue weighted by atomic mass is 10.2. The zero-order valence-electron chi connectivity index (χ0n) is 8.61. The molecule has 82 valence electrons. The first kappa shape index (κ1) is 10.4. The summed E-state index contributed by atoms with van der Waals surface area (Å²) in [7, 11) is -2.91. The van der Waals surface area contributed by atoms with Gasteiger partial charge in [0.25, 0.3) is 0 Å². The average molecular weight is 217 g/mol. The minimum absolute atomic E-state index is 0.410. The highest BCUT2D eigenvalue weighted by Crippen LogP contribution is 2.31. The minimum atomic E-state index is -2.91. The molecule has 0 N–H and O–H groups in total. The lowest BCUT2D eigenvalue weighted by Crippen LogP contribution is -2.34. The fourth-order valence-electron chi connectivity index (χ4n) is 2.01. The minimum Gasteiger partial charge on any atom is -0.212 e. The van der Waals surface area contributed by atoms with Crippen molar-refractivity contribution in [1.29, 1.82) is 0 Å². The molecule has 1 aliphatic heterocycles. The van der Waals surface area contributed by atoms with Gasteiger partial charge in [-0.15, -0.1) is 0 Å². The summed E-state index contributed by atoms with van der Waals surface area (Å²) in [4.78, 5) is 0. The highest BCUT2D eigenvalue weighted by atomic mass is 32.2. The molecule has 0 amide bonds. The van der Waals surface area contributed by atoms with Gasteiger partial charge in [0.1, 0.15) is 0 Å². The first-order valence-corrected chi connectivity index (χ1v) is 7.27. The van der Waals surface area contributed by atoms with Gasteiger partial charge in [0.15, 0.2) is 0 Å². The first-order valence-electron chi connectivity index (χ1n) is 5.66. The lowest BCUT2D eigenvalue weighted by molar-refractivity contribution is 0.422. The third-order valence-corrected chi connectivity index (χ3v) is 5.15. The van der Waals surface area contributed by atoms with Crippen molar-refractivity contribution in [2.24, 2.45) is 5.92 Å². The van der Waals surface area contributed by atoms with Gasteiger partial charge < -0.3 is 0 Å². The zero-order valence-corrected chi connectivity index (χ0v) is 9.43. The van der Waals surface area contributed by atoms with Crippen LogP contribution in [0.4, 0.5) is 0 Å². The van der Waals surface area contributed by atoms with Gasteiger partial charge in [-0.05, 0) is 31.6 Å². The van der Waals surface area contributed by atoms with Crippen LogP contribution in [0.2, 0.25) is 0 Å². The number of nitrogens with zero attached hydrogens (tertiary/aromatic N) is 1. The Hall–Kier alpha value is -0.0900. The summed E-state index contributed by atoms with van der Waals surface area (Å²) in [5.74, 6) is 0.885. The lowest BCUT2D eigenvalue weighted by Gasteiger charge is -2.19. The Morgan fingerprint density at radius 2 is 1.57 bits per heavy atom. The van der Waals surface area contributed by atoms with Crippen LogP contribution in [0.3, 0.4) is 0 Å². The van der Waals surface area contributed by atoms with E-state index in [4.69, 9.17) is 0 Å². The van der Waals surface area contributed by atoms with E-state index in [2.05, 4.69) is 0 Å². The molecule has 0 aromatic carbocycles. The van der Waals surface area contributed by atoms with Crippen molar-refractivity contribution in [3.05, 3.63) is 0 Å². The van der Waals surface area contributed by atoms with Gasteiger partial charge in [0, 0.05) is 13.1 Å². The summed E-state index contributed by atoms with van der Waals surface area (Å²) >= 11 is 0. The molecule has 1 aliphatic carbocycles. The maximum Gasteiger partial charge on any atom is 0.214 e. The topological polar surface area (TPSA) is 37.4 Å². The molecule has 4 heteroatoms. The molecule has 0 spiro atoms. The molecule has 3 nitrogen and oxygen atoms in total. The van der Waals surface area contributed by atoms with Gasteiger partial charge in [0.2, 0.25) is 10.0 Å². The van der Waals surface area contributed by atoms with Gasteiger partial charge in [0.05, 0.1) is 5.75 Å². The molecule has 14 heavy (non-hydrogen) atoms. The fourth-order valence-corrected chi connectivity index (χ4v) is 3.96. The predicted molar refractivity (Wildman–Crippen MR) is 56.6 cm³/mol. The van der Waals surface area contributed by atoms with Crippen LogP contribution in [-0.4, -0.2) is 31.6 Å². The Kier molecular flexibility index (Phi) is 3.12. The van der Waals surface area contributed by atoms with E-state index in [1.165, 1.54) is 12.8 Å². The van der Waals surface area contributed by atoms with Crippen LogP contribution >= 0.6 is 0 Å². The van der Waals surface area contributed by atoms with Crippen LogP contribution in [0, 0.1) is 5.92 Å². The van der Waals surface area contributed by atoms with Crippen molar-refractivity contribution < 1.29 is 8.42 Å². The van der Waals surface area contributed by atoms with Crippen LogP contribution in [0.25, 0.3) is 0 Å². The summed E-state index contributed by atoms with van der Waals surface area (Å²) in [6.07, 6.45) is 6.71. The van der Waals surface area contributed by atoms with E-state index in [0.29, 0.717) is 11.7 Å². The molecule has 0 aromatic heterocycles. The quantitative estimate of drug-likeness (QED) is 0.720. The second-order valence-electron chi connectivity index (χ2n) is 4.54. The van der Waals surface area contributed by atoms with Gasteiger partial charge >= 0.3 is 0 Å². The van der Waals surface area contributed by atoms with E-state index in [9.17, 15) is 8.42 Å². The largest absolute Gasteiger partial charge is 0.214 e. The number of rotatable bonds is 3. The highest BCUT2D eigenvalue weighted by molar-refractivity contribution is 7.89. The van der Waals surface area contributed by atoms with Crippen LogP contribution < -0.4 is 0 Å².